The first-order valence-corrected chi connectivity index (χ1v) is 11.1. The van der Waals surface area contributed by atoms with E-state index in [1.54, 1.807) is 0 Å². The van der Waals surface area contributed by atoms with E-state index in [0.717, 1.165) is 6.92 Å². The summed E-state index contributed by atoms with van der Waals surface area (Å²) in [4.78, 5) is 8.89. The summed E-state index contributed by atoms with van der Waals surface area (Å²) in [6, 6.07) is 16.7. The first kappa shape index (κ1) is 25.4. The monoisotopic (exact) mass is 410 g/mol. The predicted octanol–water partition coefficient (Wildman–Crippen LogP) is 5.05. The van der Waals surface area contributed by atoms with Gasteiger partial charge in [-0.25, -0.2) is 9.13 Å². The van der Waals surface area contributed by atoms with Crippen molar-refractivity contribution in [1.29, 1.82) is 0 Å². The van der Waals surface area contributed by atoms with Crippen LogP contribution in [0.1, 0.15) is 65.2 Å². The van der Waals surface area contributed by atoms with Gasteiger partial charge in [0, 0.05) is 5.97 Å². The number of hydrogen-bond donors (Lipinski definition) is 0. The number of rotatable bonds is 9. The summed E-state index contributed by atoms with van der Waals surface area (Å²) in [6.45, 7) is 4.42. The Labute approximate surface area is 182 Å². The van der Waals surface area contributed by atoms with Crippen molar-refractivity contribution >= 4 is 16.7 Å². The standard InChI is InChI=1S/C14H27N2.C10H8.C2H4O2/c1-3-4-5-6-7-8-9-10-11-16-13-12-15(2)14-16;1-2-6-10-8-4-3-7-9(10)5-1;1-2(3)4/h12-14H,3-11H2,1-2H3;1-8H;1H3,(H,3,4)/q+1;;/p-1. The molecule has 0 saturated heterocycles. The van der Waals surface area contributed by atoms with Gasteiger partial charge in [0.25, 0.3) is 0 Å². The fraction of sp³-hybridized carbons (Fsp3) is 0.462. The van der Waals surface area contributed by atoms with Crippen molar-refractivity contribution in [3.63, 3.8) is 0 Å². The highest BCUT2D eigenvalue weighted by atomic mass is 16.4. The molecule has 30 heavy (non-hydrogen) atoms. The van der Waals surface area contributed by atoms with Crippen molar-refractivity contribution in [2.45, 2.75) is 71.8 Å². The molecule has 164 valence electrons. The summed E-state index contributed by atoms with van der Waals surface area (Å²) < 4.78 is 4.38. The zero-order valence-electron chi connectivity index (χ0n) is 18.9. The number of aliphatic carboxylic acids is 1. The highest BCUT2D eigenvalue weighted by molar-refractivity contribution is 5.82. The summed E-state index contributed by atoms with van der Waals surface area (Å²) >= 11 is 0. The van der Waals surface area contributed by atoms with Crippen LogP contribution in [0.3, 0.4) is 0 Å². The first-order chi connectivity index (χ1) is 14.5. The molecule has 0 saturated carbocycles. The molecule has 0 amide bonds. The van der Waals surface area contributed by atoms with Crippen LogP contribution in [0.2, 0.25) is 0 Å². The van der Waals surface area contributed by atoms with Crippen molar-refractivity contribution in [1.82, 2.24) is 4.57 Å². The van der Waals surface area contributed by atoms with E-state index in [2.05, 4.69) is 90.4 Å². The number of unbranched alkanes of at least 4 members (excludes halogenated alkanes) is 7. The Hall–Kier alpha value is -2.62. The van der Waals surface area contributed by atoms with E-state index in [9.17, 15) is 0 Å². The number of carbonyl (C=O) groups excluding carboxylic acids is 1. The lowest BCUT2D eigenvalue weighted by Crippen LogP contribution is -2.30. The van der Waals surface area contributed by atoms with Crippen molar-refractivity contribution in [2.75, 3.05) is 0 Å². The number of nitrogens with zero attached hydrogens (tertiary/aromatic N) is 2. The van der Waals surface area contributed by atoms with Crippen LogP contribution in [-0.2, 0) is 18.4 Å². The molecular weight excluding hydrogens is 372 g/mol. The number of hydrogen-bond acceptors (Lipinski definition) is 2. The van der Waals surface area contributed by atoms with Crippen LogP contribution in [0.4, 0.5) is 0 Å². The molecule has 0 radical (unpaired) electrons. The van der Waals surface area contributed by atoms with Gasteiger partial charge in [-0.15, -0.1) is 0 Å². The van der Waals surface area contributed by atoms with Crippen molar-refractivity contribution in [3.8, 4) is 0 Å². The average molecular weight is 411 g/mol. The molecule has 0 atom stereocenters. The molecule has 0 aliphatic heterocycles. The van der Waals surface area contributed by atoms with Crippen LogP contribution >= 0.6 is 0 Å². The molecule has 2 aromatic carbocycles. The second-order valence-electron chi connectivity index (χ2n) is 7.63. The zero-order chi connectivity index (χ0) is 22.0. The molecule has 4 nitrogen and oxygen atoms in total. The van der Waals surface area contributed by atoms with Gasteiger partial charge in [-0.05, 0) is 30.5 Å². The van der Waals surface area contributed by atoms with Crippen LogP contribution in [0.5, 0.6) is 0 Å². The summed E-state index contributed by atoms with van der Waals surface area (Å²) in [5.41, 5.74) is 0. The highest BCUT2D eigenvalue weighted by Gasteiger charge is 1.99. The molecule has 0 aliphatic rings. The summed E-state index contributed by atoms with van der Waals surface area (Å²) in [5, 5.41) is 11.5. The van der Waals surface area contributed by atoms with E-state index in [-0.39, 0.29) is 0 Å². The van der Waals surface area contributed by atoms with Crippen molar-refractivity contribution in [3.05, 3.63) is 67.3 Å². The maximum absolute atomic E-state index is 8.89. The zero-order valence-corrected chi connectivity index (χ0v) is 18.9. The topological polar surface area (TPSA) is 48.9 Å². The largest absolute Gasteiger partial charge is 0.550 e. The van der Waals surface area contributed by atoms with Gasteiger partial charge in [0.1, 0.15) is 12.4 Å². The Kier molecular flexibility index (Phi) is 13.7. The molecule has 1 heterocycles. The minimum absolute atomic E-state index is 0.972. The van der Waals surface area contributed by atoms with Crippen LogP contribution in [-0.4, -0.2) is 10.5 Å². The molecule has 0 fully saturated rings. The Bertz CT molecular complexity index is 757. The lowest BCUT2D eigenvalue weighted by atomic mass is 10.1. The molecule has 0 N–H and O–H groups in total. The third kappa shape index (κ3) is 12.8. The number of carbonyl (C=O) groups is 1. The van der Waals surface area contributed by atoms with E-state index in [0.29, 0.717) is 0 Å². The fourth-order valence-corrected chi connectivity index (χ4v) is 3.20. The Morgan fingerprint density at radius 2 is 1.30 bits per heavy atom. The van der Waals surface area contributed by atoms with Crippen LogP contribution in [0.25, 0.3) is 10.8 Å². The van der Waals surface area contributed by atoms with Crippen LogP contribution in [0.15, 0.2) is 67.3 Å². The minimum atomic E-state index is -1.08. The Balaban J connectivity index is 0.000000271. The number of fused-ring (bicyclic) bond motifs is 1. The summed E-state index contributed by atoms with van der Waals surface area (Å²) in [5.74, 6) is -1.08. The molecule has 0 aliphatic carbocycles. The maximum Gasteiger partial charge on any atom is 0.243 e. The molecule has 3 rings (SSSR count). The second-order valence-corrected chi connectivity index (χ2v) is 7.63. The Morgan fingerprint density at radius 3 is 1.70 bits per heavy atom. The lowest BCUT2D eigenvalue weighted by molar-refractivity contribution is -0.696. The van der Waals surface area contributed by atoms with Crippen molar-refractivity contribution in [2.24, 2.45) is 7.05 Å². The molecule has 3 aromatic rings. The van der Waals surface area contributed by atoms with Gasteiger partial charge in [-0.3, -0.25) is 0 Å². The normalized spacial score (nSPS) is 9.97. The lowest BCUT2D eigenvalue weighted by Gasteiger charge is -2.00. The third-order valence-electron chi connectivity index (χ3n) is 4.75. The van der Waals surface area contributed by atoms with Crippen molar-refractivity contribution < 1.29 is 14.5 Å². The van der Waals surface area contributed by atoms with Crippen LogP contribution in [0, 0.1) is 0 Å². The van der Waals surface area contributed by atoms with Gasteiger partial charge >= 0.3 is 0 Å². The third-order valence-corrected chi connectivity index (χ3v) is 4.75. The number of aromatic nitrogens is 2. The van der Waals surface area contributed by atoms with Gasteiger partial charge in [-0.1, -0.05) is 94.0 Å². The summed E-state index contributed by atoms with van der Waals surface area (Å²) in [6.07, 6.45) is 17.6. The van der Waals surface area contributed by atoms with E-state index < -0.39 is 5.97 Å². The van der Waals surface area contributed by atoms with E-state index in [1.807, 2.05) is 0 Å². The Morgan fingerprint density at radius 1 is 0.867 bits per heavy atom. The van der Waals surface area contributed by atoms with E-state index in [4.69, 9.17) is 9.90 Å². The number of benzene rings is 2. The molecular formula is C26H38N2O2. The fourth-order valence-electron chi connectivity index (χ4n) is 3.20. The van der Waals surface area contributed by atoms with E-state index >= 15 is 0 Å². The van der Waals surface area contributed by atoms with Gasteiger partial charge in [0.15, 0.2) is 0 Å². The van der Waals surface area contributed by atoms with Gasteiger partial charge in [0.05, 0.1) is 13.6 Å². The number of aryl methyl sites for hydroxylation is 2. The molecule has 0 spiro atoms. The maximum atomic E-state index is 8.89. The smallest absolute Gasteiger partial charge is 0.243 e. The van der Waals surface area contributed by atoms with E-state index in [1.165, 1.54) is 68.7 Å². The molecule has 1 aromatic heterocycles. The van der Waals surface area contributed by atoms with Crippen LogP contribution < -0.4 is 9.67 Å². The second kappa shape index (κ2) is 16.2. The first-order valence-electron chi connectivity index (χ1n) is 11.1. The van der Waals surface area contributed by atoms with Gasteiger partial charge < -0.3 is 9.90 Å². The minimum Gasteiger partial charge on any atom is -0.550 e. The average Bonchev–Trinajstić information content (AvgIpc) is 3.15. The molecule has 4 heteroatoms. The molecule has 0 unspecified atom stereocenters. The SMILES string of the molecule is CC(=O)[O-].CCCCCCCCCC[n+]1ccn(C)c1.c1ccc2ccccc2c1. The number of imidazole rings is 1. The highest BCUT2D eigenvalue weighted by Crippen LogP contribution is 2.11. The van der Waals surface area contributed by atoms with Gasteiger partial charge in [0.2, 0.25) is 6.33 Å². The summed E-state index contributed by atoms with van der Waals surface area (Å²) in [7, 11) is 2.07. The quantitative estimate of drug-likeness (QED) is 0.366. The molecule has 0 bridgehead atoms. The number of carboxylic acid groups (broad SMARTS) is 1. The van der Waals surface area contributed by atoms with Gasteiger partial charge in [-0.2, -0.15) is 0 Å². The predicted molar refractivity (Wildman–Crippen MR) is 123 cm³/mol. The number of carboxylic acids is 1.